The molecule has 0 bridgehead atoms. The van der Waals surface area contributed by atoms with Gasteiger partial charge in [0.1, 0.15) is 6.61 Å². The quantitative estimate of drug-likeness (QED) is 0.413. The summed E-state index contributed by atoms with van der Waals surface area (Å²) >= 11 is 0. The lowest BCUT2D eigenvalue weighted by molar-refractivity contribution is -0.224. The van der Waals surface area contributed by atoms with Crippen molar-refractivity contribution in [3.8, 4) is 5.88 Å². The summed E-state index contributed by atoms with van der Waals surface area (Å²) in [5.41, 5.74) is 0. The van der Waals surface area contributed by atoms with Gasteiger partial charge in [-0.3, -0.25) is 4.79 Å². The fraction of sp³-hybridized carbons (Fsp3) is 0.615. The molecule has 2 fully saturated rings. The maximum atomic E-state index is 11.5. The zero-order valence-electron chi connectivity index (χ0n) is 12.6. The van der Waals surface area contributed by atoms with Gasteiger partial charge in [0, 0.05) is 25.4 Å². The van der Waals surface area contributed by atoms with E-state index in [0.29, 0.717) is 13.0 Å². The molecule has 2 saturated heterocycles. The van der Waals surface area contributed by atoms with Crippen LogP contribution in [0.4, 0.5) is 0 Å². The lowest BCUT2D eigenvalue weighted by Crippen LogP contribution is -2.52. The first-order valence-corrected chi connectivity index (χ1v) is 8.84. The maximum absolute atomic E-state index is 11.5. The topological polar surface area (TPSA) is 114 Å². The molecule has 1 aromatic rings. The second-order valence-corrected chi connectivity index (χ2v) is 7.30. The molecule has 10 heteroatoms. The molecular formula is C13H16N2O7S. The normalized spacial score (nSPS) is 30.0. The molecule has 3 heterocycles. The van der Waals surface area contributed by atoms with Gasteiger partial charge in [-0.1, -0.05) is 0 Å². The summed E-state index contributed by atoms with van der Waals surface area (Å²) in [7, 11) is -3.59. The van der Waals surface area contributed by atoms with Crippen molar-refractivity contribution >= 4 is 15.8 Å². The monoisotopic (exact) mass is 344 g/mol. The van der Waals surface area contributed by atoms with E-state index in [4.69, 9.17) is 18.9 Å². The minimum atomic E-state index is -3.59. The number of carbonyl (C=O) groups is 1. The summed E-state index contributed by atoms with van der Waals surface area (Å²) in [6.07, 6.45) is 2.06. The summed E-state index contributed by atoms with van der Waals surface area (Å²) in [6.45, 7) is 1.68. The van der Waals surface area contributed by atoms with E-state index >= 15 is 0 Å². The molecule has 0 N–H and O–H groups in total. The Hall–Kier alpha value is -1.78. The molecule has 0 saturated carbocycles. The average molecular weight is 344 g/mol. The van der Waals surface area contributed by atoms with E-state index in [2.05, 4.69) is 9.97 Å². The van der Waals surface area contributed by atoms with Gasteiger partial charge in [-0.15, -0.1) is 0 Å². The summed E-state index contributed by atoms with van der Waals surface area (Å²) in [5, 5.41) is -0.379. The molecule has 23 heavy (non-hydrogen) atoms. The predicted molar refractivity (Wildman–Crippen MR) is 74.4 cm³/mol. The number of esters is 1. The molecule has 3 rings (SSSR count). The Morgan fingerprint density at radius 1 is 1.43 bits per heavy atom. The minimum absolute atomic E-state index is 0.0277. The highest BCUT2D eigenvalue weighted by atomic mass is 32.2. The van der Waals surface area contributed by atoms with Crippen LogP contribution in [0.5, 0.6) is 5.88 Å². The molecule has 1 aromatic heterocycles. The van der Waals surface area contributed by atoms with Crippen molar-refractivity contribution < 1.29 is 32.2 Å². The highest BCUT2D eigenvalue weighted by molar-refractivity contribution is 7.90. The molecule has 9 nitrogen and oxygen atoms in total. The van der Waals surface area contributed by atoms with Crippen molar-refractivity contribution in [1.82, 2.24) is 9.97 Å². The molecule has 3 atom stereocenters. The number of fused-ring (bicyclic) bond motifs is 1. The van der Waals surface area contributed by atoms with Crippen LogP contribution in [-0.4, -0.2) is 61.8 Å². The van der Waals surface area contributed by atoms with Gasteiger partial charge in [-0.05, 0) is 6.42 Å². The van der Waals surface area contributed by atoms with E-state index in [1.807, 2.05) is 0 Å². The van der Waals surface area contributed by atoms with Crippen molar-refractivity contribution in [1.29, 1.82) is 0 Å². The van der Waals surface area contributed by atoms with Crippen molar-refractivity contribution in [2.24, 2.45) is 0 Å². The SMILES string of the molecule is CC(=O)O[C@@]1(Oc2ccnc(S(C)(=O)=O)n2)CO[C@@H]2CCO[C@H]21. The van der Waals surface area contributed by atoms with Gasteiger partial charge in [0.05, 0.1) is 12.7 Å². The Bertz CT molecular complexity index is 723. The standard InChI is InChI=1S/C13H16N2O7S/c1-8(16)21-13(7-20-9-4-6-19-11(9)13)22-10-3-5-14-12(15-10)23(2,17)18/h3,5,9,11H,4,6-7H2,1-2H3/t9-,11-,13-/m1/s1. The second-order valence-electron chi connectivity index (χ2n) is 5.39. The average Bonchev–Trinajstić information content (AvgIpc) is 3.03. The summed E-state index contributed by atoms with van der Waals surface area (Å²) in [4.78, 5) is 19.0. The third-order valence-electron chi connectivity index (χ3n) is 3.50. The lowest BCUT2D eigenvalue weighted by Gasteiger charge is -2.31. The minimum Gasteiger partial charge on any atom is -0.430 e. The van der Waals surface area contributed by atoms with Crippen LogP contribution in [0.1, 0.15) is 13.3 Å². The van der Waals surface area contributed by atoms with Crippen LogP contribution in [0, 0.1) is 0 Å². The van der Waals surface area contributed by atoms with E-state index in [1.54, 1.807) is 0 Å². The predicted octanol–water partition coefficient (Wildman–Crippen LogP) is -0.294. The third-order valence-corrected chi connectivity index (χ3v) is 4.36. The summed E-state index contributed by atoms with van der Waals surface area (Å²) in [6, 6.07) is 1.38. The fourth-order valence-electron chi connectivity index (χ4n) is 2.63. The van der Waals surface area contributed by atoms with Crippen LogP contribution in [0.2, 0.25) is 0 Å². The lowest BCUT2D eigenvalue weighted by atomic mass is 10.1. The number of hydrogen-bond donors (Lipinski definition) is 0. The van der Waals surface area contributed by atoms with Gasteiger partial charge in [-0.2, -0.15) is 4.98 Å². The van der Waals surface area contributed by atoms with Crippen molar-refractivity contribution in [2.75, 3.05) is 19.5 Å². The van der Waals surface area contributed by atoms with Crippen LogP contribution in [0.3, 0.4) is 0 Å². The van der Waals surface area contributed by atoms with Crippen molar-refractivity contribution in [3.05, 3.63) is 12.3 Å². The van der Waals surface area contributed by atoms with Crippen molar-refractivity contribution in [3.63, 3.8) is 0 Å². The van der Waals surface area contributed by atoms with Crippen LogP contribution in [-0.2, 0) is 28.8 Å². The smallest absolute Gasteiger partial charge is 0.307 e. The second kappa shape index (κ2) is 5.69. The Labute approximate surface area is 132 Å². The fourth-order valence-corrected chi connectivity index (χ4v) is 3.14. The van der Waals surface area contributed by atoms with Gasteiger partial charge in [0.15, 0.2) is 6.10 Å². The largest absolute Gasteiger partial charge is 0.430 e. The number of ether oxygens (including phenoxy) is 4. The molecule has 0 aliphatic carbocycles. The number of rotatable bonds is 4. The Morgan fingerprint density at radius 3 is 2.91 bits per heavy atom. The highest BCUT2D eigenvalue weighted by Crippen LogP contribution is 2.38. The zero-order chi connectivity index (χ0) is 16.7. The first kappa shape index (κ1) is 16.1. The molecule has 126 valence electrons. The van der Waals surface area contributed by atoms with Gasteiger partial charge in [0.25, 0.3) is 0 Å². The number of nitrogens with zero attached hydrogens (tertiary/aromatic N) is 2. The molecule has 0 aromatic carbocycles. The Balaban J connectivity index is 1.92. The summed E-state index contributed by atoms with van der Waals surface area (Å²) < 4.78 is 45.3. The van der Waals surface area contributed by atoms with Crippen LogP contribution >= 0.6 is 0 Å². The number of carbonyl (C=O) groups excluding carboxylic acids is 1. The number of aromatic nitrogens is 2. The zero-order valence-corrected chi connectivity index (χ0v) is 13.4. The van der Waals surface area contributed by atoms with E-state index in [-0.39, 0.29) is 23.7 Å². The van der Waals surface area contributed by atoms with Crippen LogP contribution in [0.25, 0.3) is 0 Å². The Morgan fingerprint density at radius 2 is 2.22 bits per heavy atom. The van der Waals surface area contributed by atoms with Crippen molar-refractivity contribution in [2.45, 2.75) is 36.5 Å². The van der Waals surface area contributed by atoms with Gasteiger partial charge >= 0.3 is 11.8 Å². The molecule has 0 radical (unpaired) electrons. The Kier molecular flexibility index (Phi) is 3.98. The van der Waals surface area contributed by atoms with E-state index in [1.165, 1.54) is 19.2 Å². The third kappa shape index (κ3) is 3.14. The molecule has 2 aliphatic heterocycles. The van der Waals surface area contributed by atoms with E-state index in [9.17, 15) is 13.2 Å². The van der Waals surface area contributed by atoms with Crippen LogP contribution < -0.4 is 4.74 Å². The molecule has 2 aliphatic rings. The first-order valence-electron chi connectivity index (χ1n) is 6.95. The van der Waals surface area contributed by atoms with Crippen LogP contribution in [0.15, 0.2) is 17.4 Å². The molecule has 0 amide bonds. The van der Waals surface area contributed by atoms with Gasteiger partial charge in [0.2, 0.25) is 20.9 Å². The highest BCUT2D eigenvalue weighted by Gasteiger charge is 2.58. The summed E-state index contributed by atoms with van der Waals surface area (Å²) in [5.74, 6) is -2.10. The van der Waals surface area contributed by atoms with E-state index < -0.39 is 27.7 Å². The van der Waals surface area contributed by atoms with Gasteiger partial charge in [-0.25, -0.2) is 13.4 Å². The maximum Gasteiger partial charge on any atom is 0.307 e. The van der Waals surface area contributed by atoms with E-state index in [0.717, 1.165) is 6.26 Å². The molecule has 0 spiro atoms. The van der Waals surface area contributed by atoms with Gasteiger partial charge < -0.3 is 18.9 Å². The number of hydrogen-bond acceptors (Lipinski definition) is 9. The molecule has 0 unspecified atom stereocenters. The number of sulfone groups is 1. The first-order chi connectivity index (χ1) is 10.8. The molecular weight excluding hydrogens is 328 g/mol.